The van der Waals surface area contributed by atoms with Crippen molar-refractivity contribution in [3.05, 3.63) is 47.2 Å². The van der Waals surface area contributed by atoms with Crippen molar-refractivity contribution in [2.75, 3.05) is 29.9 Å². The summed E-state index contributed by atoms with van der Waals surface area (Å²) < 4.78 is 29.4. The summed E-state index contributed by atoms with van der Waals surface area (Å²) in [4.78, 5) is 39.8. The third-order valence-electron chi connectivity index (χ3n) is 8.86. The fourth-order valence-corrected chi connectivity index (χ4v) is 9.09. The van der Waals surface area contributed by atoms with Gasteiger partial charge in [-0.3, -0.25) is 14.5 Å². The van der Waals surface area contributed by atoms with Gasteiger partial charge in [0, 0.05) is 38.6 Å². The number of fused-ring (bicyclic) bond motifs is 1. The lowest BCUT2D eigenvalue weighted by Gasteiger charge is -2.24. The van der Waals surface area contributed by atoms with E-state index in [0.717, 1.165) is 53.8 Å². The Kier molecular flexibility index (Phi) is 6.82. The molecule has 4 aliphatic rings. The van der Waals surface area contributed by atoms with E-state index in [9.17, 15) is 18.0 Å². The lowest BCUT2D eigenvalue weighted by molar-refractivity contribution is -0.117. The Morgan fingerprint density at radius 3 is 2.55 bits per heavy atom. The van der Waals surface area contributed by atoms with E-state index in [1.54, 1.807) is 11.0 Å². The molecule has 0 spiro atoms. The molecule has 0 unspecified atom stereocenters. The lowest BCUT2D eigenvalue weighted by Crippen LogP contribution is -2.35. The third-order valence-corrected chi connectivity index (χ3v) is 11.9. The van der Waals surface area contributed by atoms with Crippen LogP contribution in [0.1, 0.15) is 67.1 Å². The Morgan fingerprint density at radius 1 is 1.05 bits per heavy atom. The number of nitrogens with one attached hydrogen (secondary N) is 1. The second kappa shape index (κ2) is 10.4. The molecule has 5 heterocycles. The molecule has 1 N–H and O–H groups in total. The minimum atomic E-state index is -3.84. The molecule has 42 heavy (non-hydrogen) atoms. The van der Waals surface area contributed by atoms with E-state index in [4.69, 9.17) is 4.98 Å². The van der Waals surface area contributed by atoms with Crippen molar-refractivity contribution in [3.63, 3.8) is 0 Å². The Balaban J connectivity index is 1.24. The van der Waals surface area contributed by atoms with Gasteiger partial charge in [0.05, 0.1) is 21.0 Å². The zero-order valence-corrected chi connectivity index (χ0v) is 25.4. The summed E-state index contributed by atoms with van der Waals surface area (Å²) in [6, 6.07) is 9.25. The van der Waals surface area contributed by atoms with E-state index in [2.05, 4.69) is 17.2 Å². The number of anilines is 3. The molecular weight excluding hydrogens is 573 g/mol. The maximum absolute atomic E-state index is 13.9. The summed E-state index contributed by atoms with van der Waals surface area (Å²) >= 11 is 1.42. The van der Waals surface area contributed by atoms with Crippen molar-refractivity contribution in [3.8, 4) is 10.4 Å². The smallest absolute Gasteiger partial charge is 0.256 e. The van der Waals surface area contributed by atoms with Crippen LogP contribution in [-0.4, -0.2) is 65.1 Å². The zero-order valence-electron chi connectivity index (χ0n) is 23.8. The van der Waals surface area contributed by atoms with Crippen molar-refractivity contribution in [2.45, 2.75) is 69.9 Å². The maximum atomic E-state index is 13.9. The van der Waals surface area contributed by atoms with Gasteiger partial charge in [-0.25, -0.2) is 18.4 Å². The number of carbonyl (C=O) groups is 2. The van der Waals surface area contributed by atoms with Gasteiger partial charge in [-0.1, -0.05) is 17.4 Å². The topological polar surface area (TPSA) is 116 Å². The first kappa shape index (κ1) is 27.5. The summed E-state index contributed by atoms with van der Waals surface area (Å²) in [6.45, 7) is 6.00. The standard InChI is InChI=1S/C30H34N6O4S2/c1-18-28(41-30(31-18)33-24-7-5-8-25(32-24)35-14-6-9-26(35)37)21-15-22-17-36(19(2)20-10-11-20)29(38)27(22)23(16-21)42(39,40)34-12-3-4-13-34/h5,7-8,15-16,19-20H,3-4,6,9-14,17H2,1-2H3,(H,31,32,33)/t19-/m0/s1. The molecule has 2 amide bonds. The maximum Gasteiger partial charge on any atom is 0.256 e. The first-order valence-corrected chi connectivity index (χ1v) is 17.0. The summed E-state index contributed by atoms with van der Waals surface area (Å²) in [7, 11) is -3.84. The largest absolute Gasteiger partial charge is 0.331 e. The molecule has 0 bridgehead atoms. The minimum Gasteiger partial charge on any atom is -0.331 e. The van der Waals surface area contributed by atoms with Gasteiger partial charge in [-0.05, 0) is 87.3 Å². The third kappa shape index (κ3) is 4.79. The molecule has 1 aromatic carbocycles. The molecule has 2 aromatic heterocycles. The number of thiazole rings is 1. The molecule has 1 saturated carbocycles. The second-order valence-corrected chi connectivity index (χ2v) is 14.6. The highest BCUT2D eigenvalue weighted by Crippen LogP contribution is 2.43. The van der Waals surface area contributed by atoms with Crippen LogP contribution in [-0.2, 0) is 21.4 Å². The quantitative estimate of drug-likeness (QED) is 0.387. The van der Waals surface area contributed by atoms with Crippen molar-refractivity contribution in [1.82, 2.24) is 19.2 Å². The Labute approximate surface area is 249 Å². The van der Waals surface area contributed by atoms with E-state index >= 15 is 0 Å². The number of nitrogens with zero attached hydrogens (tertiary/aromatic N) is 5. The number of hydrogen-bond acceptors (Lipinski definition) is 8. The lowest BCUT2D eigenvalue weighted by atomic mass is 10.0. The monoisotopic (exact) mass is 606 g/mol. The van der Waals surface area contributed by atoms with Crippen molar-refractivity contribution in [1.29, 1.82) is 0 Å². The van der Waals surface area contributed by atoms with Gasteiger partial charge in [-0.2, -0.15) is 4.31 Å². The molecule has 12 heteroatoms. The van der Waals surface area contributed by atoms with Crippen LogP contribution >= 0.6 is 11.3 Å². The number of rotatable bonds is 8. The van der Waals surface area contributed by atoms with Gasteiger partial charge < -0.3 is 10.2 Å². The molecular formula is C30H34N6O4S2. The Bertz CT molecular complexity index is 1690. The van der Waals surface area contributed by atoms with Crippen LogP contribution in [0.4, 0.5) is 16.8 Å². The average molecular weight is 607 g/mol. The summed E-state index contributed by atoms with van der Waals surface area (Å²) in [6.07, 6.45) is 5.22. The molecule has 10 nitrogen and oxygen atoms in total. The molecule has 220 valence electrons. The minimum absolute atomic E-state index is 0.0758. The van der Waals surface area contributed by atoms with Gasteiger partial charge in [0.15, 0.2) is 5.13 Å². The van der Waals surface area contributed by atoms with E-state index in [1.807, 2.05) is 36.1 Å². The van der Waals surface area contributed by atoms with Crippen LogP contribution < -0.4 is 10.2 Å². The number of aromatic nitrogens is 2. The summed E-state index contributed by atoms with van der Waals surface area (Å²) in [5, 5.41) is 3.89. The Morgan fingerprint density at radius 2 is 1.83 bits per heavy atom. The van der Waals surface area contributed by atoms with E-state index < -0.39 is 10.0 Å². The van der Waals surface area contributed by atoms with Crippen molar-refractivity contribution in [2.24, 2.45) is 5.92 Å². The predicted molar refractivity (Wildman–Crippen MR) is 161 cm³/mol. The summed E-state index contributed by atoms with van der Waals surface area (Å²) in [5.74, 6) is 1.57. The van der Waals surface area contributed by atoms with E-state index in [-0.39, 0.29) is 22.8 Å². The van der Waals surface area contributed by atoms with Crippen LogP contribution in [0.15, 0.2) is 35.2 Å². The number of carbonyl (C=O) groups excluding carboxylic acids is 2. The highest BCUT2D eigenvalue weighted by molar-refractivity contribution is 7.89. The fourth-order valence-electron chi connectivity index (χ4n) is 6.36. The van der Waals surface area contributed by atoms with E-state index in [0.29, 0.717) is 60.8 Å². The van der Waals surface area contributed by atoms with Crippen molar-refractivity contribution < 1.29 is 18.0 Å². The molecule has 1 aliphatic carbocycles. The highest BCUT2D eigenvalue weighted by atomic mass is 32.2. The van der Waals surface area contributed by atoms with Crippen LogP contribution in [0.25, 0.3) is 10.4 Å². The molecule has 7 rings (SSSR count). The molecule has 3 aliphatic heterocycles. The van der Waals surface area contributed by atoms with E-state index in [1.165, 1.54) is 15.6 Å². The zero-order chi connectivity index (χ0) is 29.2. The first-order chi connectivity index (χ1) is 20.2. The molecule has 3 fully saturated rings. The van der Waals surface area contributed by atoms with Gasteiger partial charge in [0.2, 0.25) is 15.9 Å². The van der Waals surface area contributed by atoms with Crippen LogP contribution in [0.3, 0.4) is 0 Å². The molecule has 0 radical (unpaired) electrons. The highest BCUT2D eigenvalue weighted by Gasteiger charge is 2.42. The van der Waals surface area contributed by atoms with Gasteiger partial charge >= 0.3 is 0 Å². The number of aryl methyl sites for hydroxylation is 1. The van der Waals surface area contributed by atoms with Crippen LogP contribution in [0, 0.1) is 12.8 Å². The van der Waals surface area contributed by atoms with Crippen LogP contribution in [0.5, 0.6) is 0 Å². The molecule has 3 aromatic rings. The molecule has 1 atom stereocenters. The number of sulfonamides is 1. The number of hydrogen-bond donors (Lipinski definition) is 1. The first-order valence-electron chi connectivity index (χ1n) is 14.7. The van der Waals surface area contributed by atoms with Crippen molar-refractivity contribution >= 4 is 49.9 Å². The normalized spacial score (nSPS) is 20.0. The Hall–Kier alpha value is -3.35. The predicted octanol–water partition coefficient (Wildman–Crippen LogP) is 4.92. The fraction of sp³-hybridized carbons (Fsp3) is 0.467. The molecule has 2 saturated heterocycles. The van der Waals surface area contributed by atoms with Gasteiger partial charge in [-0.15, -0.1) is 0 Å². The number of pyridine rings is 1. The number of amides is 2. The van der Waals surface area contributed by atoms with Gasteiger partial charge in [0.25, 0.3) is 5.91 Å². The van der Waals surface area contributed by atoms with Crippen LogP contribution in [0.2, 0.25) is 0 Å². The summed E-state index contributed by atoms with van der Waals surface area (Å²) in [5.41, 5.74) is 2.59. The average Bonchev–Trinajstić information content (AvgIpc) is 3.28. The number of benzene rings is 1. The SMILES string of the molecule is Cc1nc(Nc2cccc(N3CCCC3=O)n2)sc1-c1cc2c(c(S(=O)(=O)N3CCCC3)c1)C(=O)N([C@@H](C)C1CC1)C2. The van der Waals surface area contributed by atoms with Gasteiger partial charge in [0.1, 0.15) is 11.6 Å². The second-order valence-electron chi connectivity index (χ2n) is 11.7.